The number of nitrogens with zero attached hydrogens (tertiary/aromatic N) is 3. The van der Waals surface area contributed by atoms with Gasteiger partial charge in [-0.25, -0.2) is 0 Å². The number of likely N-dealkylation sites (tertiary alicyclic amines) is 1. The first-order valence-corrected chi connectivity index (χ1v) is 9.23. The summed E-state index contributed by atoms with van der Waals surface area (Å²) >= 11 is 0. The second kappa shape index (κ2) is 9.17. The molecule has 2 aliphatic heterocycles. The second-order valence-electron chi connectivity index (χ2n) is 6.57. The summed E-state index contributed by atoms with van der Waals surface area (Å²) in [5.74, 6) is 0.970. The summed E-state index contributed by atoms with van der Waals surface area (Å²) in [6, 6.07) is 11.1. The number of fused-ring (bicyclic) bond motifs is 1. The minimum Gasteiger partial charge on any atom is -0.383 e. The van der Waals surface area contributed by atoms with Crippen LogP contribution >= 0.6 is 0 Å². The SMILES string of the molecule is CCNC(=NCCOC)N1CC2OCCN(Cc3ccccc3)C2C1. The lowest BCUT2D eigenvalue weighted by Gasteiger charge is -2.36. The van der Waals surface area contributed by atoms with Gasteiger partial charge in [-0.05, 0) is 12.5 Å². The standard InChI is InChI=1S/C19H30N4O2/c1-3-20-19(21-9-11-24-2)23-14-17-18(15-23)25-12-10-22(17)13-16-7-5-4-6-8-16/h4-8,17-18H,3,9-15H2,1-2H3,(H,20,21). The van der Waals surface area contributed by atoms with Crippen LogP contribution in [-0.4, -0.2) is 81.0 Å². The fourth-order valence-electron chi connectivity index (χ4n) is 3.61. The molecule has 2 unspecified atom stereocenters. The molecule has 3 rings (SSSR count). The average molecular weight is 346 g/mol. The molecule has 1 aromatic rings. The van der Waals surface area contributed by atoms with Crippen molar-refractivity contribution >= 4 is 5.96 Å². The van der Waals surface area contributed by atoms with E-state index in [1.165, 1.54) is 5.56 Å². The Labute approximate surface area is 150 Å². The van der Waals surface area contributed by atoms with Gasteiger partial charge in [-0.2, -0.15) is 0 Å². The third-order valence-electron chi connectivity index (χ3n) is 4.84. The van der Waals surface area contributed by atoms with Crippen molar-refractivity contribution in [1.29, 1.82) is 0 Å². The molecule has 2 atom stereocenters. The maximum absolute atomic E-state index is 6.06. The van der Waals surface area contributed by atoms with Crippen LogP contribution in [-0.2, 0) is 16.0 Å². The number of nitrogens with one attached hydrogen (secondary N) is 1. The Morgan fingerprint density at radius 2 is 2.16 bits per heavy atom. The molecule has 6 heteroatoms. The van der Waals surface area contributed by atoms with Crippen molar-refractivity contribution in [2.24, 2.45) is 4.99 Å². The summed E-state index contributed by atoms with van der Waals surface area (Å²) in [6.45, 7) is 8.92. The van der Waals surface area contributed by atoms with Crippen LogP contribution in [0.4, 0.5) is 0 Å². The molecule has 0 radical (unpaired) electrons. The van der Waals surface area contributed by atoms with Gasteiger partial charge in [0.1, 0.15) is 0 Å². The molecule has 0 saturated carbocycles. The number of hydrogen-bond donors (Lipinski definition) is 1. The van der Waals surface area contributed by atoms with Gasteiger partial charge in [0.15, 0.2) is 5.96 Å². The molecule has 0 spiro atoms. The van der Waals surface area contributed by atoms with Crippen LogP contribution in [0.25, 0.3) is 0 Å². The Hall–Kier alpha value is -1.63. The number of aliphatic imine (C=N–C) groups is 1. The number of rotatable bonds is 6. The van der Waals surface area contributed by atoms with Crippen LogP contribution in [0.15, 0.2) is 35.3 Å². The highest BCUT2D eigenvalue weighted by Crippen LogP contribution is 2.24. The van der Waals surface area contributed by atoms with E-state index in [1.807, 2.05) is 0 Å². The van der Waals surface area contributed by atoms with Gasteiger partial charge in [0, 0.05) is 39.8 Å². The molecule has 138 valence electrons. The van der Waals surface area contributed by atoms with E-state index in [0.717, 1.165) is 45.3 Å². The van der Waals surface area contributed by atoms with Gasteiger partial charge in [0.2, 0.25) is 0 Å². The Bertz CT molecular complexity index is 552. The Morgan fingerprint density at radius 3 is 2.92 bits per heavy atom. The molecule has 6 nitrogen and oxygen atoms in total. The van der Waals surface area contributed by atoms with E-state index in [0.29, 0.717) is 19.2 Å². The van der Waals surface area contributed by atoms with Gasteiger partial charge in [0.05, 0.1) is 31.9 Å². The molecular weight excluding hydrogens is 316 g/mol. The molecule has 25 heavy (non-hydrogen) atoms. The summed E-state index contributed by atoms with van der Waals surface area (Å²) in [6.07, 6.45) is 0.253. The van der Waals surface area contributed by atoms with E-state index >= 15 is 0 Å². The third-order valence-corrected chi connectivity index (χ3v) is 4.84. The first-order valence-electron chi connectivity index (χ1n) is 9.23. The minimum absolute atomic E-state index is 0.253. The highest BCUT2D eigenvalue weighted by atomic mass is 16.5. The van der Waals surface area contributed by atoms with Crippen molar-refractivity contribution in [3.63, 3.8) is 0 Å². The lowest BCUT2D eigenvalue weighted by atomic mass is 10.1. The zero-order valence-corrected chi connectivity index (χ0v) is 15.4. The Kier molecular flexibility index (Phi) is 6.67. The van der Waals surface area contributed by atoms with E-state index < -0.39 is 0 Å². The average Bonchev–Trinajstić information content (AvgIpc) is 3.07. The normalized spacial score (nSPS) is 24.4. The lowest BCUT2D eigenvalue weighted by Crippen LogP contribution is -2.50. The quantitative estimate of drug-likeness (QED) is 0.476. The minimum atomic E-state index is 0.253. The van der Waals surface area contributed by atoms with Crippen LogP contribution in [0.5, 0.6) is 0 Å². The number of guanidine groups is 1. The van der Waals surface area contributed by atoms with Crippen molar-refractivity contribution in [2.75, 3.05) is 53.0 Å². The zero-order chi connectivity index (χ0) is 17.5. The third kappa shape index (κ3) is 4.71. The Balaban J connectivity index is 1.65. The van der Waals surface area contributed by atoms with Crippen LogP contribution in [0, 0.1) is 0 Å². The number of ether oxygens (including phenoxy) is 2. The fourth-order valence-corrected chi connectivity index (χ4v) is 3.61. The number of benzene rings is 1. The van der Waals surface area contributed by atoms with Crippen LogP contribution < -0.4 is 5.32 Å². The monoisotopic (exact) mass is 346 g/mol. The molecule has 0 aromatic heterocycles. The predicted octanol–water partition coefficient (Wildman–Crippen LogP) is 1.18. The van der Waals surface area contributed by atoms with E-state index in [4.69, 9.17) is 9.47 Å². The molecule has 2 aliphatic rings. The smallest absolute Gasteiger partial charge is 0.194 e. The molecule has 1 N–H and O–H groups in total. The van der Waals surface area contributed by atoms with E-state index in [1.54, 1.807) is 7.11 Å². The zero-order valence-electron chi connectivity index (χ0n) is 15.4. The molecule has 2 heterocycles. The first-order chi connectivity index (χ1) is 12.3. The number of morpholine rings is 1. The van der Waals surface area contributed by atoms with E-state index in [-0.39, 0.29) is 6.10 Å². The van der Waals surface area contributed by atoms with Gasteiger partial charge < -0.3 is 19.7 Å². The van der Waals surface area contributed by atoms with Gasteiger partial charge in [-0.3, -0.25) is 9.89 Å². The first kappa shape index (κ1) is 18.2. The molecule has 0 amide bonds. The highest BCUT2D eigenvalue weighted by Gasteiger charge is 2.41. The molecule has 0 bridgehead atoms. The molecule has 1 aromatic carbocycles. The van der Waals surface area contributed by atoms with Gasteiger partial charge in [-0.1, -0.05) is 30.3 Å². The van der Waals surface area contributed by atoms with Gasteiger partial charge in [-0.15, -0.1) is 0 Å². The van der Waals surface area contributed by atoms with Crippen molar-refractivity contribution < 1.29 is 9.47 Å². The van der Waals surface area contributed by atoms with Crippen LogP contribution in [0.3, 0.4) is 0 Å². The summed E-state index contributed by atoms with van der Waals surface area (Å²) < 4.78 is 11.2. The van der Waals surface area contributed by atoms with Crippen molar-refractivity contribution in [3.05, 3.63) is 35.9 Å². The highest BCUT2D eigenvalue weighted by molar-refractivity contribution is 5.80. The predicted molar refractivity (Wildman–Crippen MR) is 99.8 cm³/mol. The van der Waals surface area contributed by atoms with E-state index in [9.17, 15) is 0 Å². The largest absolute Gasteiger partial charge is 0.383 e. The summed E-state index contributed by atoms with van der Waals surface area (Å²) in [7, 11) is 1.71. The number of methoxy groups -OCH3 is 1. The summed E-state index contributed by atoms with van der Waals surface area (Å²) in [5.41, 5.74) is 1.36. The van der Waals surface area contributed by atoms with Gasteiger partial charge in [0.25, 0.3) is 0 Å². The molecule has 0 aliphatic carbocycles. The molecular formula is C19H30N4O2. The maximum Gasteiger partial charge on any atom is 0.194 e. The summed E-state index contributed by atoms with van der Waals surface area (Å²) in [5, 5.41) is 3.40. The topological polar surface area (TPSA) is 49.3 Å². The second-order valence-corrected chi connectivity index (χ2v) is 6.57. The van der Waals surface area contributed by atoms with Crippen LogP contribution in [0.2, 0.25) is 0 Å². The maximum atomic E-state index is 6.06. The molecule has 2 fully saturated rings. The van der Waals surface area contributed by atoms with Crippen molar-refractivity contribution in [2.45, 2.75) is 25.6 Å². The van der Waals surface area contributed by atoms with Crippen molar-refractivity contribution in [3.8, 4) is 0 Å². The number of hydrogen-bond acceptors (Lipinski definition) is 4. The fraction of sp³-hybridized carbons (Fsp3) is 0.632. The van der Waals surface area contributed by atoms with Crippen LogP contribution in [0.1, 0.15) is 12.5 Å². The lowest BCUT2D eigenvalue weighted by molar-refractivity contribution is -0.0502. The Morgan fingerprint density at radius 1 is 1.32 bits per heavy atom. The summed E-state index contributed by atoms with van der Waals surface area (Å²) in [4.78, 5) is 9.57. The van der Waals surface area contributed by atoms with Gasteiger partial charge >= 0.3 is 0 Å². The van der Waals surface area contributed by atoms with E-state index in [2.05, 4.69) is 57.4 Å². The molecule has 2 saturated heterocycles. The van der Waals surface area contributed by atoms with Crippen molar-refractivity contribution in [1.82, 2.24) is 15.1 Å².